The molecule has 3 rings (SSSR count). The van der Waals surface area contributed by atoms with E-state index in [2.05, 4.69) is 5.32 Å². The average Bonchev–Trinajstić information content (AvgIpc) is 3.25. The highest BCUT2D eigenvalue weighted by atomic mass is 16.3. The molecule has 0 spiro atoms. The smallest absolute Gasteiger partial charge is 0.332 e. The summed E-state index contributed by atoms with van der Waals surface area (Å²) in [5.41, 5.74) is 5.60. The summed E-state index contributed by atoms with van der Waals surface area (Å²) in [5, 5.41) is 3.02. The molecule has 1 aromatic carbocycles. The van der Waals surface area contributed by atoms with Gasteiger partial charge < -0.3 is 15.5 Å². The molecule has 3 N–H and O–H groups in total. The van der Waals surface area contributed by atoms with Crippen molar-refractivity contribution < 1.29 is 9.21 Å². The van der Waals surface area contributed by atoms with E-state index in [0.717, 1.165) is 10.1 Å². The van der Waals surface area contributed by atoms with Crippen molar-refractivity contribution >= 4 is 11.6 Å². The first-order valence-electron chi connectivity index (χ1n) is 9.41. The number of benzene rings is 1. The Labute approximate surface area is 167 Å². The van der Waals surface area contributed by atoms with Gasteiger partial charge in [0.1, 0.15) is 17.1 Å². The number of hydrogen-bond donors (Lipinski definition) is 2. The Morgan fingerprint density at radius 1 is 1.14 bits per heavy atom. The van der Waals surface area contributed by atoms with Crippen LogP contribution in [0.4, 0.5) is 5.82 Å². The Morgan fingerprint density at radius 3 is 2.48 bits per heavy atom. The molecule has 0 amide bonds. The van der Waals surface area contributed by atoms with Crippen LogP contribution in [-0.4, -0.2) is 21.5 Å². The monoisotopic (exact) mass is 396 g/mol. The number of aromatic nitrogens is 2. The maximum Gasteiger partial charge on any atom is 0.332 e. The molecule has 152 valence electrons. The lowest BCUT2D eigenvalue weighted by Crippen LogP contribution is -2.45. The van der Waals surface area contributed by atoms with Crippen LogP contribution in [0, 0.1) is 0 Å². The SMILES string of the molecule is CCn1c(=O)c(C(=O)CN[C@@H](C)c2ccco2)c(N)n(Cc2ccccc2)c1=O. The number of nitrogens with zero attached hydrogens (tertiary/aromatic N) is 2. The van der Waals surface area contributed by atoms with Gasteiger partial charge >= 0.3 is 5.69 Å². The van der Waals surface area contributed by atoms with E-state index in [-0.39, 0.29) is 37.1 Å². The standard InChI is InChI=1S/C21H24N4O4/c1-3-24-20(27)18(16(26)12-23-14(2)17-10-7-11-29-17)19(22)25(21(24)28)13-15-8-5-4-6-9-15/h4-11,14,23H,3,12-13,22H2,1-2H3/t14-/m0/s1. The highest BCUT2D eigenvalue weighted by Crippen LogP contribution is 2.13. The molecule has 29 heavy (non-hydrogen) atoms. The van der Waals surface area contributed by atoms with Crippen LogP contribution in [0.25, 0.3) is 0 Å². The fourth-order valence-electron chi connectivity index (χ4n) is 3.15. The third-order valence-corrected chi connectivity index (χ3v) is 4.79. The topological polar surface area (TPSA) is 112 Å². The molecule has 0 aliphatic heterocycles. The average molecular weight is 396 g/mol. The molecule has 0 aliphatic carbocycles. The maximum atomic E-state index is 12.8. The zero-order chi connectivity index (χ0) is 21.0. The van der Waals surface area contributed by atoms with Crippen LogP contribution in [0.15, 0.2) is 62.7 Å². The maximum absolute atomic E-state index is 12.8. The second-order valence-electron chi connectivity index (χ2n) is 6.71. The van der Waals surface area contributed by atoms with Gasteiger partial charge in [-0.25, -0.2) is 4.79 Å². The van der Waals surface area contributed by atoms with Crippen LogP contribution in [0.2, 0.25) is 0 Å². The van der Waals surface area contributed by atoms with Crippen LogP contribution < -0.4 is 22.3 Å². The Morgan fingerprint density at radius 2 is 1.86 bits per heavy atom. The van der Waals surface area contributed by atoms with Crippen molar-refractivity contribution in [3.05, 3.63) is 86.5 Å². The number of Topliss-reactive ketones (excluding diaryl/α,β-unsaturated/α-hetero) is 1. The zero-order valence-electron chi connectivity index (χ0n) is 16.4. The molecule has 0 unspecified atom stereocenters. The van der Waals surface area contributed by atoms with E-state index in [1.807, 2.05) is 37.3 Å². The van der Waals surface area contributed by atoms with E-state index in [0.29, 0.717) is 5.76 Å². The van der Waals surface area contributed by atoms with Gasteiger partial charge in [0, 0.05) is 6.54 Å². The van der Waals surface area contributed by atoms with Crippen molar-refractivity contribution in [2.24, 2.45) is 0 Å². The number of rotatable bonds is 8. The summed E-state index contributed by atoms with van der Waals surface area (Å²) in [5.74, 6) is 0.0757. The summed E-state index contributed by atoms with van der Waals surface area (Å²) in [6.45, 7) is 3.72. The minimum absolute atomic E-state index is 0.117. The quantitative estimate of drug-likeness (QED) is 0.562. The van der Waals surface area contributed by atoms with Crippen molar-refractivity contribution in [1.82, 2.24) is 14.5 Å². The predicted octanol–water partition coefficient (Wildman–Crippen LogP) is 1.79. The molecule has 0 saturated heterocycles. The summed E-state index contributed by atoms with van der Waals surface area (Å²) >= 11 is 0. The minimum Gasteiger partial charge on any atom is -0.468 e. The van der Waals surface area contributed by atoms with Gasteiger partial charge in [0.25, 0.3) is 5.56 Å². The molecule has 0 radical (unpaired) electrons. The van der Waals surface area contributed by atoms with Gasteiger partial charge in [-0.05, 0) is 31.5 Å². The van der Waals surface area contributed by atoms with Crippen LogP contribution in [0.3, 0.4) is 0 Å². The van der Waals surface area contributed by atoms with E-state index >= 15 is 0 Å². The number of nitrogens with one attached hydrogen (secondary N) is 1. The Hall–Kier alpha value is -3.39. The molecule has 3 aromatic rings. The summed E-state index contributed by atoms with van der Waals surface area (Å²) in [7, 11) is 0. The number of carbonyl (C=O) groups is 1. The van der Waals surface area contributed by atoms with Crippen LogP contribution >= 0.6 is 0 Å². The second kappa shape index (κ2) is 8.74. The summed E-state index contributed by atoms with van der Waals surface area (Å²) < 4.78 is 7.61. The van der Waals surface area contributed by atoms with Gasteiger partial charge in [-0.1, -0.05) is 30.3 Å². The highest BCUT2D eigenvalue weighted by Gasteiger charge is 2.23. The second-order valence-corrected chi connectivity index (χ2v) is 6.71. The van der Waals surface area contributed by atoms with E-state index in [1.165, 1.54) is 4.57 Å². The number of hydrogen-bond acceptors (Lipinski definition) is 6. The molecule has 0 saturated carbocycles. The summed E-state index contributed by atoms with van der Waals surface area (Å²) in [6.07, 6.45) is 1.55. The molecule has 1 atom stereocenters. The third kappa shape index (κ3) is 4.22. The number of furan rings is 1. The number of ketones is 1. The van der Waals surface area contributed by atoms with Crippen molar-refractivity contribution in [3.8, 4) is 0 Å². The van der Waals surface area contributed by atoms with Gasteiger partial charge in [-0.2, -0.15) is 0 Å². The molecular weight excluding hydrogens is 372 g/mol. The first-order valence-corrected chi connectivity index (χ1v) is 9.41. The van der Waals surface area contributed by atoms with Crippen molar-refractivity contribution in [2.45, 2.75) is 33.0 Å². The number of carbonyl (C=O) groups excluding carboxylic acids is 1. The normalized spacial score (nSPS) is 12.1. The van der Waals surface area contributed by atoms with Crippen LogP contribution in [0.1, 0.15) is 41.6 Å². The van der Waals surface area contributed by atoms with Gasteiger partial charge in [0.15, 0.2) is 5.78 Å². The Bertz CT molecular complexity index is 1100. The molecule has 8 nitrogen and oxygen atoms in total. The summed E-state index contributed by atoms with van der Waals surface area (Å²) in [6, 6.07) is 12.6. The Kier molecular flexibility index (Phi) is 6.13. The lowest BCUT2D eigenvalue weighted by atomic mass is 10.1. The number of anilines is 1. The van der Waals surface area contributed by atoms with Gasteiger partial charge in [-0.15, -0.1) is 0 Å². The van der Waals surface area contributed by atoms with E-state index in [9.17, 15) is 14.4 Å². The molecule has 2 heterocycles. The van der Waals surface area contributed by atoms with Gasteiger partial charge in [-0.3, -0.25) is 18.7 Å². The van der Waals surface area contributed by atoms with Crippen molar-refractivity contribution in [2.75, 3.05) is 12.3 Å². The molecule has 2 aromatic heterocycles. The lowest BCUT2D eigenvalue weighted by molar-refractivity contribution is 0.0985. The lowest BCUT2D eigenvalue weighted by Gasteiger charge is -2.16. The molecular formula is C21H24N4O4. The molecule has 8 heteroatoms. The third-order valence-electron chi connectivity index (χ3n) is 4.79. The first kappa shape index (κ1) is 20.3. The highest BCUT2D eigenvalue weighted by molar-refractivity contribution is 6.01. The van der Waals surface area contributed by atoms with Crippen LogP contribution in [0.5, 0.6) is 0 Å². The van der Waals surface area contributed by atoms with E-state index in [4.69, 9.17) is 10.2 Å². The van der Waals surface area contributed by atoms with E-state index in [1.54, 1.807) is 25.3 Å². The number of nitrogens with two attached hydrogens (primary N) is 1. The molecule has 0 bridgehead atoms. The number of nitrogen functional groups attached to an aromatic ring is 1. The fourth-order valence-corrected chi connectivity index (χ4v) is 3.15. The predicted molar refractivity (Wildman–Crippen MR) is 110 cm³/mol. The molecule has 0 fully saturated rings. The fraction of sp³-hybridized carbons (Fsp3) is 0.286. The largest absolute Gasteiger partial charge is 0.468 e. The van der Waals surface area contributed by atoms with Crippen molar-refractivity contribution in [3.63, 3.8) is 0 Å². The van der Waals surface area contributed by atoms with Gasteiger partial charge in [0.05, 0.1) is 25.4 Å². The Balaban J connectivity index is 1.95. The minimum atomic E-state index is -0.670. The summed E-state index contributed by atoms with van der Waals surface area (Å²) in [4.78, 5) is 38.4. The first-order chi connectivity index (χ1) is 13.9. The van der Waals surface area contributed by atoms with Crippen molar-refractivity contribution in [1.29, 1.82) is 0 Å². The zero-order valence-corrected chi connectivity index (χ0v) is 16.4. The van der Waals surface area contributed by atoms with E-state index < -0.39 is 17.0 Å². The molecule has 0 aliphatic rings. The van der Waals surface area contributed by atoms with Crippen LogP contribution in [-0.2, 0) is 13.1 Å². The van der Waals surface area contributed by atoms with Gasteiger partial charge in [0.2, 0.25) is 0 Å².